The lowest BCUT2D eigenvalue weighted by atomic mass is 9.87. The van der Waals surface area contributed by atoms with E-state index in [0.717, 1.165) is 37.2 Å². The molecule has 0 saturated carbocycles. The smallest absolute Gasteiger partial charge is 0.222 e. The number of likely N-dealkylation sites (tertiary alicyclic amines) is 1. The summed E-state index contributed by atoms with van der Waals surface area (Å²) in [5, 5.41) is 0. The molecule has 0 bridgehead atoms. The highest BCUT2D eigenvalue weighted by Gasteiger charge is 2.25. The van der Waals surface area contributed by atoms with E-state index in [-0.39, 0.29) is 17.6 Å². The zero-order valence-electron chi connectivity index (χ0n) is 15.2. The summed E-state index contributed by atoms with van der Waals surface area (Å²) < 4.78 is 5.21. The lowest BCUT2D eigenvalue weighted by Crippen LogP contribution is -2.28. The molecule has 1 aliphatic heterocycles. The van der Waals surface area contributed by atoms with Crippen LogP contribution in [0.15, 0.2) is 54.6 Å². The van der Waals surface area contributed by atoms with Gasteiger partial charge in [-0.1, -0.05) is 42.5 Å². The van der Waals surface area contributed by atoms with Gasteiger partial charge in [-0.25, -0.2) is 0 Å². The normalized spacial score (nSPS) is 14.9. The second-order valence-corrected chi connectivity index (χ2v) is 6.68. The van der Waals surface area contributed by atoms with Gasteiger partial charge < -0.3 is 9.64 Å². The Morgan fingerprint density at radius 1 is 1.00 bits per heavy atom. The first-order chi connectivity index (χ1) is 12.7. The summed E-state index contributed by atoms with van der Waals surface area (Å²) in [5.41, 5.74) is 1.61. The quantitative estimate of drug-likeness (QED) is 0.707. The summed E-state index contributed by atoms with van der Waals surface area (Å²) in [4.78, 5) is 27.4. The lowest BCUT2D eigenvalue weighted by Gasteiger charge is -2.19. The predicted octanol–water partition coefficient (Wildman–Crippen LogP) is 4.06. The van der Waals surface area contributed by atoms with E-state index < -0.39 is 0 Å². The maximum atomic E-state index is 13.1. The fourth-order valence-corrected chi connectivity index (χ4v) is 3.48. The number of methoxy groups -OCH3 is 1. The van der Waals surface area contributed by atoms with E-state index in [9.17, 15) is 9.59 Å². The minimum atomic E-state index is -0.324. The minimum absolute atomic E-state index is 0.0602. The zero-order chi connectivity index (χ0) is 18.4. The highest BCUT2D eigenvalue weighted by Crippen LogP contribution is 2.28. The van der Waals surface area contributed by atoms with Gasteiger partial charge in [-0.2, -0.15) is 0 Å². The molecular formula is C22H25NO3. The molecule has 0 radical (unpaired) electrons. The van der Waals surface area contributed by atoms with Gasteiger partial charge in [0.1, 0.15) is 5.75 Å². The summed E-state index contributed by atoms with van der Waals surface area (Å²) in [6, 6.07) is 16.9. The van der Waals surface area contributed by atoms with Crippen LogP contribution >= 0.6 is 0 Å². The van der Waals surface area contributed by atoms with E-state index in [0.29, 0.717) is 18.4 Å². The van der Waals surface area contributed by atoms with Gasteiger partial charge in [0.25, 0.3) is 0 Å². The summed E-state index contributed by atoms with van der Waals surface area (Å²) in [5.74, 6) is 0.648. The van der Waals surface area contributed by atoms with Crippen molar-refractivity contribution in [2.75, 3.05) is 20.2 Å². The van der Waals surface area contributed by atoms with Crippen molar-refractivity contribution in [2.45, 2.75) is 31.6 Å². The van der Waals surface area contributed by atoms with E-state index in [1.165, 1.54) is 0 Å². The molecule has 136 valence electrons. The number of hydrogen-bond donors (Lipinski definition) is 0. The van der Waals surface area contributed by atoms with Crippen LogP contribution in [0.25, 0.3) is 0 Å². The van der Waals surface area contributed by atoms with Gasteiger partial charge in [-0.3, -0.25) is 9.59 Å². The molecule has 0 spiro atoms. The number of rotatable bonds is 7. The maximum Gasteiger partial charge on any atom is 0.222 e. The van der Waals surface area contributed by atoms with Crippen molar-refractivity contribution in [3.63, 3.8) is 0 Å². The largest absolute Gasteiger partial charge is 0.497 e. The van der Waals surface area contributed by atoms with Gasteiger partial charge in [0.2, 0.25) is 5.91 Å². The van der Waals surface area contributed by atoms with Crippen LogP contribution < -0.4 is 4.74 Å². The lowest BCUT2D eigenvalue weighted by molar-refractivity contribution is -0.130. The SMILES string of the molecule is COc1ccc(C(CCC(=O)N2CCCC2)C(=O)c2ccccc2)cc1. The first kappa shape index (κ1) is 18.2. The Bertz CT molecular complexity index is 734. The number of benzene rings is 2. The first-order valence-corrected chi connectivity index (χ1v) is 9.20. The van der Waals surface area contributed by atoms with Crippen molar-refractivity contribution in [3.8, 4) is 5.75 Å². The molecule has 4 heteroatoms. The number of hydrogen-bond acceptors (Lipinski definition) is 3. The van der Waals surface area contributed by atoms with Crippen LogP contribution in [0.4, 0.5) is 0 Å². The van der Waals surface area contributed by atoms with Crippen LogP contribution in [0.2, 0.25) is 0 Å². The van der Waals surface area contributed by atoms with Gasteiger partial charge >= 0.3 is 0 Å². The number of Topliss-reactive ketones (excluding diaryl/α,β-unsaturated/α-hetero) is 1. The van der Waals surface area contributed by atoms with Crippen LogP contribution in [0, 0.1) is 0 Å². The Morgan fingerprint density at radius 2 is 1.65 bits per heavy atom. The summed E-state index contributed by atoms with van der Waals surface area (Å²) >= 11 is 0. The van der Waals surface area contributed by atoms with Crippen molar-refractivity contribution in [1.82, 2.24) is 4.90 Å². The van der Waals surface area contributed by atoms with Crippen molar-refractivity contribution in [3.05, 3.63) is 65.7 Å². The summed E-state index contributed by atoms with van der Waals surface area (Å²) in [6.07, 6.45) is 3.08. The number of amides is 1. The minimum Gasteiger partial charge on any atom is -0.497 e. The van der Waals surface area contributed by atoms with Gasteiger partial charge in [0.15, 0.2) is 5.78 Å². The van der Waals surface area contributed by atoms with Crippen molar-refractivity contribution in [2.24, 2.45) is 0 Å². The molecular weight excluding hydrogens is 326 g/mol. The average Bonchev–Trinajstić information content (AvgIpc) is 3.24. The Balaban J connectivity index is 1.78. The molecule has 1 heterocycles. The number of carbonyl (C=O) groups is 2. The van der Waals surface area contributed by atoms with Crippen LogP contribution in [-0.2, 0) is 4.79 Å². The predicted molar refractivity (Wildman–Crippen MR) is 102 cm³/mol. The maximum absolute atomic E-state index is 13.1. The average molecular weight is 351 g/mol. The third-order valence-corrected chi connectivity index (χ3v) is 5.00. The highest BCUT2D eigenvalue weighted by molar-refractivity contribution is 6.01. The van der Waals surface area contributed by atoms with E-state index in [2.05, 4.69) is 0 Å². The van der Waals surface area contributed by atoms with Crippen LogP contribution in [0.3, 0.4) is 0 Å². The Hall–Kier alpha value is -2.62. The molecule has 4 nitrogen and oxygen atoms in total. The molecule has 0 aliphatic carbocycles. The summed E-state index contributed by atoms with van der Waals surface area (Å²) in [7, 11) is 1.62. The van der Waals surface area contributed by atoms with E-state index >= 15 is 0 Å². The van der Waals surface area contributed by atoms with Crippen molar-refractivity contribution < 1.29 is 14.3 Å². The number of ether oxygens (including phenoxy) is 1. The van der Waals surface area contributed by atoms with E-state index in [1.807, 2.05) is 59.5 Å². The fourth-order valence-electron chi connectivity index (χ4n) is 3.48. The molecule has 1 fully saturated rings. The van der Waals surface area contributed by atoms with Gasteiger partial charge in [-0.05, 0) is 37.0 Å². The van der Waals surface area contributed by atoms with Crippen LogP contribution in [-0.4, -0.2) is 36.8 Å². The topological polar surface area (TPSA) is 46.6 Å². The van der Waals surface area contributed by atoms with Crippen LogP contribution in [0.1, 0.15) is 47.5 Å². The molecule has 1 atom stereocenters. The zero-order valence-corrected chi connectivity index (χ0v) is 15.2. The van der Waals surface area contributed by atoms with E-state index in [4.69, 9.17) is 4.74 Å². The molecule has 1 unspecified atom stereocenters. The number of ketones is 1. The van der Waals surface area contributed by atoms with Gasteiger partial charge in [0.05, 0.1) is 7.11 Å². The third-order valence-electron chi connectivity index (χ3n) is 5.00. The first-order valence-electron chi connectivity index (χ1n) is 9.20. The molecule has 26 heavy (non-hydrogen) atoms. The molecule has 1 amide bonds. The molecule has 1 saturated heterocycles. The second-order valence-electron chi connectivity index (χ2n) is 6.68. The summed E-state index contributed by atoms with van der Waals surface area (Å²) in [6.45, 7) is 1.69. The van der Waals surface area contributed by atoms with Crippen molar-refractivity contribution >= 4 is 11.7 Å². The van der Waals surface area contributed by atoms with E-state index in [1.54, 1.807) is 7.11 Å². The Kier molecular flexibility index (Phi) is 6.05. The molecule has 0 N–H and O–H groups in total. The molecule has 2 aromatic carbocycles. The monoisotopic (exact) mass is 351 g/mol. The Morgan fingerprint density at radius 3 is 2.27 bits per heavy atom. The number of nitrogens with zero attached hydrogens (tertiary/aromatic N) is 1. The molecule has 1 aliphatic rings. The van der Waals surface area contributed by atoms with Crippen LogP contribution in [0.5, 0.6) is 5.75 Å². The second kappa shape index (κ2) is 8.65. The molecule has 0 aromatic heterocycles. The molecule has 2 aromatic rings. The molecule has 3 rings (SSSR count). The standard InChI is InChI=1S/C22H25NO3/c1-26-19-11-9-17(10-12-19)20(22(25)18-7-3-2-4-8-18)13-14-21(24)23-15-5-6-16-23/h2-4,7-12,20H,5-6,13-16H2,1H3. The van der Waals surface area contributed by atoms with Crippen molar-refractivity contribution in [1.29, 1.82) is 0 Å². The van der Waals surface area contributed by atoms with Gasteiger partial charge in [-0.15, -0.1) is 0 Å². The fraction of sp³-hybridized carbons (Fsp3) is 0.364. The Labute approximate surface area is 154 Å². The third kappa shape index (κ3) is 4.31. The number of carbonyl (C=O) groups excluding carboxylic acids is 2. The highest BCUT2D eigenvalue weighted by atomic mass is 16.5. The van der Waals surface area contributed by atoms with Gasteiger partial charge in [0, 0.05) is 31.0 Å².